The number of benzene rings is 18. The van der Waals surface area contributed by atoms with Gasteiger partial charge < -0.3 is 18.9 Å². The van der Waals surface area contributed by atoms with Gasteiger partial charge >= 0.3 is 0 Å². The number of fused-ring (bicyclic) bond motifs is 12. The van der Waals surface area contributed by atoms with Crippen molar-refractivity contribution in [3.05, 3.63) is 491 Å². The second kappa shape index (κ2) is 31.0. The monoisotopic (exact) mass is 1670 g/mol. The summed E-state index contributed by atoms with van der Waals surface area (Å²) in [5.74, 6) is 0. The van der Waals surface area contributed by atoms with Crippen molar-refractivity contribution in [2.75, 3.05) is 9.80 Å². The van der Waals surface area contributed by atoms with E-state index in [9.17, 15) is 0 Å². The maximum atomic E-state index is 2.58. The first-order valence-corrected chi connectivity index (χ1v) is 46.1. The van der Waals surface area contributed by atoms with Crippen molar-refractivity contribution in [3.8, 4) is 67.0 Å². The van der Waals surface area contributed by atoms with E-state index in [1.165, 1.54) is 144 Å². The number of hydrogen-bond acceptors (Lipinski definition) is 2. The highest BCUT2D eigenvalue weighted by Gasteiger charge is 2.49. The van der Waals surface area contributed by atoms with E-state index in [1.54, 1.807) is 0 Å². The van der Waals surface area contributed by atoms with Crippen LogP contribution in [0, 0.1) is 0 Å². The molecular formula is C126H106N4. The SMILES string of the molecule is CC(C)(C)c1ccc(N(c2ccc(-c3ccccc3)cc2)c2ccc(C3(c4ccc5c(c4)c4cc(C6(c7ccc(N(c8ccc(-c9ccccc9)cc8)c8ccc(C(C)(C)C)cc8)cc7)c7ccccc7-c7ccccc76)ccc4n5-c4ccc(-c5ccc(-n6c7ccc(C(C)(C)C)cc7c7cc(C(C)(C)C)ccc76)cc5)cc4)c4ccccc4-c4ccccc43)cc2)cc1. The zero-order chi connectivity index (χ0) is 88.7. The van der Waals surface area contributed by atoms with E-state index >= 15 is 0 Å². The third-order valence-electron chi connectivity index (χ3n) is 28.2. The third kappa shape index (κ3) is 13.5. The molecule has 0 aliphatic heterocycles. The molecule has 0 unspecified atom stereocenters. The van der Waals surface area contributed by atoms with Crippen LogP contribution in [-0.2, 0) is 32.5 Å². The molecule has 2 aromatic heterocycles. The molecule has 4 heteroatoms. The van der Waals surface area contributed by atoms with E-state index in [-0.39, 0.29) is 21.7 Å². The zero-order valence-electron chi connectivity index (χ0n) is 76.2. The van der Waals surface area contributed by atoms with Gasteiger partial charge in [0.25, 0.3) is 0 Å². The lowest BCUT2D eigenvalue weighted by atomic mass is 9.67. The standard InChI is InChI=1S/C126H106N4/c1-121(2,3)89-47-67-99(68-48-89)127(97-59-39-85(40-60-97)83-27-15-13-16-28-83)101-71-51-91(52-72-101)125(113-35-23-19-31-105(113)106-32-20-24-36-114(106)125)95-57-77-119-111(81-95)112-82-96(58-78-120(112)130(119)104-65-45-88(46-66-104)87-43-63-103(64-44-87)129-117-75-55-93(123(7,8)9)79-109(117)110-80-94(124(10,11)12)56-76-118(110)129)126(115-37-25-21-33-107(115)108-34-22-26-38-116(108)126)92-53-73-102(74-54-92)128(100-69-49-90(50-70-100)122(4,5)6)98-61-41-86(42-62-98)84-29-17-14-18-30-84/h13-82H,1-12H3. The highest BCUT2D eigenvalue weighted by Crippen LogP contribution is 2.60. The lowest BCUT2D eigenvalue weighted by Gasteiger charge is -2.35. The summed E-state index contributed by atoms with van der Waals surface area (Å²) in [6.07, 6.45) is 0. The van der Waals surface area contributed by atoms with E-state index in [0.717, 1.165) is 67.7 Å². The van der Waals surface area contributed by atoms with Crippen LogP contribution in [0.3, 0.4) is 0 Å². The first-order chi connectivity index (χ1) is 63.0. The van der Waals surface area contributed by atoms with Crippen LogP contribution in [0.25, 0.3) is 111 Å². The van der Waals surface area contributed by atoms with Crippen molar-refractivity contribution < 1.29 is 0 Å². The fourth-order valence-electron chi connectivity index (χ4n) is 21.4. The molecule has 0 atom stereocenters. The Morgan fingerprint density at radius 1 is 0.185 bits per heavy atom. The molecule has 0 spiro atoms. The summed E-state index contributed by atoms with van der Waals surface area (Å²) in [5.41, 5.74) is 38.9. The average Bonchev–Trinajstić information content (AvgIpc) is 1.53. The summed E-state index contributed by atoms with van der Waals surface area (Å²) in [6.45, 7) is 27.6. The summed E-state index contributed by atoms with van der Waals surface area (Å²) in [7, 11) is 0. The Kier molecular flexibility index (Phi) is 19.3. The first kappa shape index (κ1) is 81.0. The molecule has 630 valence electrons. The average molecular weight is 1680 g/mol. The topological polar surface area (TPSA) is 16.3 Å². The molecule has 130 heavy (non-hydrogen) atoms. The molecule has 0 N–H and O–H groups in total. The second-order valence-electron chi connectivity index (χ2n) is 40.1. The van der Waals surface area contributed by atoms with Gasteiger partial charge in [-0.3, -0.25) is 0 Å². The molecule has 0 saturated carbocycles. The summed E-state index contributed by atoms with van der Waals surface area (Å²) in [5, 5.41) is 4.91. The van der Waals surface area contributed by atoms with Gasteiger partial charge in [-0.1, -0.05) is 362 Å². The second-order valence-corrected chi connectivity index (χ2v) is 40.1. The van der Waals surface area contributed by atoms with Crippen molar-refractivity contribution in [2.24, 2.45) is 0 Å². The Morgan fingerprint density at radius 2 is 0.400 bits per heavy atom. The van der Waals surface area contributed by atoms with Crippen LogP contribution >= 0.6 is 0 Å². The molecule has 0 amide bonds. The van der Waals surface area contributed by atoms with Gasteiger partial charge in [0.15, 0.2) is 0 Å². The Labute approximate surface area is 765 Å². The molecule has 22 rings (SSSR count). The molecule has 18 aromatic carbocycles. The van der Waals surface area contributed by atoms with E-state index < -0.39 is 10.8 Å². The first-order valence-electron chi connectivity index (χ1n) is 46.1. The molecule has 2 aliphatic rings. The number of nitrogens with zero attached hydrogens (tertiary/aromatic N) is 4. The molecule has 2 heterocycles. The van der Waals surface area contributed by atoms with Gasteiger partial charge in [-0.05, 0) is 290 Å². The highest BCUT2D eigenvalue weighted by molar-refractivity contribution is 6.12. The van der Waals surface area contributed by atoms with Crippen LogP contribution in [0.2, 0.25) is 0 Å². The number of anilines is 6. The van der Waals surface area contributed by atoms with Crippen molar-refractivity contribution >= 4 is 77.7 Å². The van der Waals surface area contributed by atoms with Crippen LogP contribution in [-0.4, -0.2) is 9.13 Å². The molecule has 2 aliphatic carbocycles. The number of hydrogen-bond donors (Lipinski definition) is 0. The van der Waals surface area contributed by atoms with Crippen molar-refractivity contribution in [3.63, 3.8) is 0 Å². The molecule has 20 aromatic rings. The summed E-state index contributed by atoms with van der Waals surface area (Å²) < 4.78 is 4.99. The van der Waals surface area contributed by atoms with Crippen LogP contribution in [0.1, 0.15) is 150 Å². The van der Waals surface area contributed by atoms with Gasteiger partial charge in [-0.2, -0.15) is 0 Å². The van der Waals surface area contributed by atoms with Crippen molar-refractivity contribution in [1.82, 2.24) is 9.13 Å². The van der Waals surface area contributed by atoms with Gasteiger partial charge in [-0.25, -0.2) is 0 Å². The number of aromatic nitrogens is 2. The molecule has 0 fully saturated rings. The summed E-state index contributed by atoms with van der Waals surface area (Å²) >= 11 is 0. The quantitative estimate of drug-likeness (QED) is 0.102. The van der Waals surface area contributed by atoms with Gasteiger partial charge in [0.2, 0.25) is 0 Å². The van der Waals surface area contributed by atoms with Gasteiger partial charge in [0.05, 0.1) is 32.9 Å². The molecule has 4 nitrogen and oxygen atoms in total. The zero-order valence-corrected chi connectivity index (χ0v) is 76.2. The molecule has 0 radical (unpaired) electrons. The predicted molar refractivity (Wildman–Crippen MR) is 550 cm³/mol. The fraction of sp³-hybridized carbons (Fsp3) is 0.143. The smallest absolute Gasteiger partial charge is 0.0713 e. The van der Waals surface area contributed by atoms with E-state index in [1.807, 2.05) is 0 Å². The Bertz CT molecular complexity index is 7210. The Morgan fingerprint density at radius 3 is 0.685 bits per heavy atom. The third-order valence-corrected chi connectivity index (χ3v) is 28.2. The lowest BCUT2D eigenvalue weighted by molar-refractivity contribution is 0.590. The van der Waals surface area contributed by atoms with Crippen LogP contribution < -0.4 is 9.80 Å². The van der Waals surface area contributed by atoms with Crippen molar-refractivity contribution in [1.29, 1.82) is 0 Å². The maximum absolute atomic E-state index is 2.58. The van der Waals surface area contributed by atoms with Crippen LogP contribution in [0.15, 0.2) is 425 Å². The summed E-state index contributed by atoms with van der Waals surface area (Å²) in [6, 6.07) is 162. The normalized spacial score (nSPS) is 13.4. The Hall–Kier alpha value is -14.8. The largest absolute Gasteiger partial charge is 0.311 e. The van der Waals surface area contributed by atoms with Gasteiger partial charge in [0.1, 0.15) is 0 Å². The highest BCUT2D eigenvalue weighted by atomic mass is 15.1. The number of rotatable bonds is 15. The van der Waals surface area contributed by atoms with Crippen LogP contribution in [0.4, 0.5) is 34.1 Å². The van der Waals surface area contributed by atoms with Crippen molar-refractivity contribution in [2.45, 2.75) is 116 Å². The minimum Gasteiger partial charge on any atom is -0.311 e. The predicted octanol–water partition coefficient (Wildman–Crippen LogP) is 33.7. The minimum absolute atomic E-state index is 0.00721. The van der Waals surface area contributed by atoms with E-state index in [4.69, 9.17) is 0 Å². The maximum Gasteiger partial charge on any atom is 0.0713 e. The Balaban J connectivity index is 0.728. The van der Waals surface area contributed by atoms with E-state index in [2.05, 4.69) is 527 Å². The van der Waals surface area contributed by atoms with Crippen LogP contribution in [0.5, 0.6) is 0 Å². The molecule has 0 saturated heterocycles. The summed E-state index contributed by atoms with van der Waals surface area (Å²) in [4.78, 5) is 4.84. The fourth-order valence-corrected chi connectivity index (χ4v) is 21.4. The molecular weight excluding hydrogens is 1570 g/mol. The minimum atomic E-state index is -0.758. The lowest BCUT2D eigenvalue weighted by Crippen LogP contribution is -2.28. The van der Waals surface area contributed by atoms with E-state index in [0.29, 0.717) is 0 Å². The van der Waals surface area contributed by atoms with Gasteiger partial charge in [-0.15, -0.1) is 0 Å². The molecule has 0 bridgehead atoms. The van der Waals surface area contributed by atoms with Gasteiger partial charge in [0, 0.05) is 67.0 Å².